The van der Waals surface area contributed by atoms with Crippen molar-refractivity contribution >= 4 is 5.82 Å². The molecule has 4 heterocycles. The molecule has 3 aromatic heterocycles. The van der Waals surface area contributed by atoms with E-state index in [-0.39, 0.29) is 18.0 Å². The molecular weight excluding hydrogens is 435 g/mol. The highest BCUT2D eigenvalue weighted by molar-refractivity contribution is 5.71. The molecule has 0 spiro atoms. The van der Waals surface area contributed by atoms with Gasteiger partial charge in [-0.05, 0) is 31.2 Å². The van der Waals surface area contributed by atoms with Crippen molar-refractivity contribution in [2.45, 2.75) is 32.4 Å². The van der Waals surface area contributed by atoms with Crippen molar-refractivity contribution in [3.8, 4) is 28.3 Å². The van der Waals surface area contributed by atoms with Gasteiger partial charge in [-0.3, -0.25) is 4.68 Å². The first-order valence-corrected chi connectivity index (χ1v) is 10.3. The van der Waals surface area contributed by atoms with E-state index in [0.29, 0.717) is 39.3 Å². The third kappa shape index (κ3) is 3.79. The van der Waals surface area contributed by atoms with Crippen molar-refractivity contribution in [3.63, 3.8) is 0 Å². The summed E-state index contributed by atoms with van der Waals surface area (Å²) in [5.74, 6) is -0.0367. The molecule has 4 aromatic rings. The summed E-state index contributed by atoms with van der Waals surface area (Å²) >= 11 is 0. The molecule has 0 fully saturated rings. The Bertz CT molecular complexity index is 1350. The average Bonchev–Trinajstić information content (AvgIpc) is 3.31. The van der Waals surface area contributed by atoms with Crippen molar-refractivity contribution < 1.29 is 17.9 Å². The number of fused-ring (bicyclic) bond motifs is 7. The molecular formula is C22H20F3N7O. The minimum absolute atomic E-state index is 0.127. The summed E-state index contributed by atoms with van der Waals surface area (Å²) in [6.07, 6.45) is 0.0869. The van der Waals surface area contributed by atoms with Crippen molar-refractivity contribution in [1.29, 1.82) is 0 Å². The van der Waals surface area contributed by atoms with Crippen LogP contribution in [0.5, 0.6) is 5.75 Å². The number of nitrogens with zero attached hydrogens (tertiary/aromatic N) is 6. The number of rotatable bonds is 2. The number of benzene rings is 1. The van der Waals surface area contributed by atoms with Crippen LogP contribution in [0.2, 0.25) is 0 Å². The highest BCUT2D eigenvalue weighted by Crippen LogP contribution is 2.38. The number of anilines is 1. The van der Waals surface area contributed by atoms with Gasteiger partial charge in [-0.15, -0.1) is 0 Å². The van der Waals surface area contributed by atoms with Gasteiger partial charge in [-0.25, -0.2) is 18.2 Å². The third-order valence-electron chi connectivity index (χ3n) is 5.53. The van der Waals surface area contributed by atoms with E-state index in [1.54, 1.807) is 26.1 Å². The molecule has 8 nitrogen and oxygen atoms in total. The predicted molar refractivity (Wildman–Crippen MR) is 114 cm³/mol. The fourth-order valence-corrected chi connectivity index (χ4v) is 4.13. The number of aryl methyl sites for hydroxylation is 1. The Balaban J connectivity index is 1.78. The number of hydrogen-bond donors (Lipinski definition) is 1. The Hall–Kier alpha value is -3.89. The van der Waals surface area contributed by atoms with E-state index in [9.17, 15) is 13.2 Å². The van der Waals surface area contributed by atoms with Gasteiger partial charge in [0.1, 0.15) is 24.2 Å². The van der Waals surface area contributed by atoms with Crippen LogP contribution in [0.3, 0.4) is 0 Å². The van der Waals surface area contributed by atoms with E-state index in [1.165, 1.54) is 34.0 Å². The SMILES string of the molecule is C[C@H]1Oc2cc(cnc2N)-c2c(cnn2CC(F)F)Cc2nn(C)nc2-c2ccc(F)cc21. The van der Waals surface area contributed by atoms with E-state index in [0.717, 1.165) is 0 Å². The molecule has 1 atom stereocenters. The molecule has 11 heteroatoms. The van der Waals surface area contributed by atoms with Crippen LogP contribution in [0.1, 0.15) is 29.8 Å². The standard InChI is InChI=1S/C22H20F3N7O/c1-11-16-7-14(23)3-4-15(16)20-17(29-31(2)30-20)5-12-9-28-32(10-19(24)25)21(12)13-6-18(33-11)22(26)27-8-13/h3-4,6-9,11,19H,5,10H2,1-2H3,(H2,26,27)/t11-/m1/s1. The molecule has 1 aliphatic heterocycles. The number of pyridine rings is 1. The molecule has 1 aliphatic rings. The molecule has 5 rings (SSSR count). The lowest BCUT2D eigenvalue weighted by molar-refractivity contribution is 0.122. The van der Waals surface area contributed by atoms with Gasteiger partial charge in [-0.2, -0.15) is 20.1 Å². The van der Waals surface area contributed by atoms with Gasteiger partial charge in [0, 0.05) is 41.9 Å². The Morgan fingerprint density at radius 1 is 1.21 bits per heavy atom. The van der Waals surface area contributed by atoms with Crippen LogP contribution in [-0.4, -0.2) is 36.2 Å². The number of aromatic nitrogens is 6. The van der Waals surface area contributed by atoms with Crippen LogP contribution >= 0.6 is 0 Å². The van der Waals surface area contributed by atoms with Crippen LogP contribution in [0.4, 0.5) is 19.0 Å². The summed E-state index contributed by atoms with van der Waals surface area (Å²) in [4.78, 5) is 5.62. The number of halogens is 3. The highest BCUT2D eigenvalue weighted by atomic mass is 19.3. The van der Waals surface area contributed by atoms with E-state index in [2.05, 4.69) is 20.3 Å². The van der Waals surface area contributed by atoms with Gasteiger partial charge in [0.25, 0.3) is 6.43 Å². The first kappa shape index (κ1) is 21.0. The highest BCUT2D eigenvalue weighted by Gasteiger charge is 2.25. The Morgan fingerprint density at radius 3 is 2.82 bits per heavy atom. The number of ether oxygens (including phenoxy) is 1. The van der Waals surface area contributed by atoms with Crippen molar-refractivity contribution in [2.75, 3.05) is 5.73 Å². The first-order chi connectivity index (χ1) is 15.8. The molecule has 1 aromatic carbocycles. The molecule has 0 radical (unpaired) electrons. The first-order valence-electron chi connectivity index (χ1n) is 10.3. The summed E-state index contributed by atoms with van der Waals surface area (Å²) in [7, 11) is 1.68. The Labute approximate surface area is 186 Å². The molecule has 0 amide bonds. The normalized spacial score (nSPS) is 15.2. The number of nitrogen functional groups attached to an aromatic ring is 1. The summed E-state index contributed by atoms with van der Waals surface area (Å²) in [5.41, 5.74) is 10.0. The lowest BCUT2D eigenvalue weighted by Gasteiger charge is -2.20. The number of nitrogens with two attached hydrogens (primary N) is 1. The maximum absolute atomic E-state index is 14.2. The van der Waals surface area contributed by atoms with Gasteiger partial charge in [0.15, 0.2) is 11.6 Å². The molecule has 0 saturated heterocycles. The van der Waals surface area contributed by atoms with Crippen LogP contribution in [0.25, 0.3) is 22.5 Å². The second-order valence-electron chi connectivity index (χ2n) is 7.85. The smallest absolute Gasteiger partial charge is 0.257 e. The second-order valence-corrected chi connectivity index (χ2v) is 7.85. The van der Waals surface area contributed by atoms with Crippen molar-refractivity contribution in [3.05, 3.63) is 59.3 Å². The molecule has 2 N–H and O–H groups in total. The molecule has 0 unspecified atom stereocenters. The maximum atomic E-state index is 14.2. The summed E-state index contributed by atoms with van der Waals surface area (Å²) in [6.45, 7) is 1.18. The van der Waals surface area contributed by atoms with Crippen molar-refractivity contribution in [2.24, 2.45) is 7.05 Å². The van der Waals surface area contributed by atoms with Gasteiger partial charge in [0.2, 0.25) is 0 Å². The fourth-order valence-electron chi connectivity index (χ4n) is 4.13. The Kier molecular flexibility index (Phi) is 5.03. The minimum atomic E-state index is -2.60. The Morgan fingerprint density at radius 2 is 2.03 bits per heavy atom. The van der Waals surface area contributed by atoms with Crippen molar-refractivity contribution in [1.82, 2.24) is 29.8 Å². The lowest BCUT2D eigenvalue weighted by atomic mass is 9.96. The minimum Gasteiger partial charge on any atom is -0.482 e. The zero-order chi connectivity index (χ0) is 23.3. The molecule has 0 aliphatic carbocycles. The summed E-state index contributed by atoms with van der Waals surface area (Å²) in [6, 6.07) is 6.00. The zero-order valence-electron chi connectivity index (χ0n) is 17.8. The number of alkyl halides is 2. The van der Waals surface area contributed by atoms with Gasteiger partial charge in [0.05, 0.1) is 17.6 Å². The maximum Gasteiger partial charge on any atom is 0.257 e. The topological polar surface area (TPSA) is 96.7 Å². The summed E-state index contributed by atoms with van der Waals surface area (Å²) in [5, 5.41) is 13.2. The second kappa shape index (κ2) is 7.91. The monoisotopic (exact) mass is 455 g/mol. The van der Waals surface area contributed by atoms with E-state index in [1.807, 2.05) is 0 Å². The summed E-state index contributed by atoms with van der Waals surface area (Å²) < 4.78 is 48.1. The van der Waals surface area contributed by atoms with Crippen LogP contribution in [0.15, 0.2) is 36.7 Å². The zero-order valence-corrected chi connectivity index (χ0v) is 17.8. The largest absolute Gasteiger partial charge is 0.482 e. The quantitative estimate of drug-likeness (QED) is 0.494. The number of hydrogen-bond acceptors (Lipinski definition) is 6. The molecule has 170 valence electrons. The lowest BCUT2D eigenvalue weighted by Crippen LogP contribution is -2.12. The van der Waals surface area contributed by atoms with Gasteiger partial charge >= 0.3 is 0 Å². The molecule has 33 heavy (non-hydrogen) atoms. The molecule has 0 saturated carbocycles. The average molecular weight is 455 g/mol. The van der Waals surface area contributed by atoms with Crippen LogP contribution in [-0.2, 0) is 20.0 Å². The third-order valence-corrected chi connectivity index (χ3v) is 5.53. The van der Waals surface area contributed by atoms with Crippen LogP contribution < -0.4 is 10.5 Å². The van der Waals surface area contributed by atoms with E-state index in [4.69, 9.17) is 10.5 Å². The van der Waals surface area contributed by atoms with Gasteiger partial charge in [-0.1, -0.05) is 0 Å². The molecule has 2 bridgehead atoms. The van der Waals surface area contributed by atoms with Gasteiger partial charge < -0.3 is 10.5 Å². The fraction of sp³-hybridized carbons (Fsp3) is 0.273. The van der Waals surface area contributed by atoms with E-state index >= 15 is 0 Å². The predicted octanol–water partition coefficient (Wildman–Crippen LogP) is 3.77. The van der Waals surface area contributed by atoms with Crippen LogP contribution in [0, 0.1) is 5.82 Å². The van der Waals surface area contributed by atoms with E-state index < -0.39 is 24.9 Å².